The molecule has 0 fully saturated rings. The van der Waals surface area contributed by atoms with Gasteiger partial charge < -0.3 is 9.84 Å². The highest BCUT2D eigenvalue weighted by Crippen LogP contribution is 2.25. The van der Waals surface area contributed by atoms with Crippen molar-refractivity contribution in [2.24, 2.45) is 0 Å². The van der Waals surface area contributed by atoms with Crippen molar-refractivity contribution in [3.63, 3.8) is 0 Å². The Balaban J connectivity index is 1.33. The molecule has 3 heterocycles. The summed E-state index contributed by atoms with van der Waals surface area (Å²) in [6.45, 7) is 2.04. The molecule has 136 valence electrons. The number of nitrogens with one attached hydrogen (secondary N) is 1. The first-order valence-electron chi connectivity index (χ1n) is 8.36. The number of carbonyl (C=O) groups excluding carboxylic acids is 1. The third-order valence-corrected chi connectivity index (χ3v) is 5.50. The summed E-state index contributed by atoms with van der Waals surface area (Å²) < 4.78 is 5.21. The van der Waals surface area contributed by atoms with Crippen LogP contribution in [0.2, 0.25) is 0 Å². The summed E-state index contributed by atoms with van der Waals surface area (Å²) in [5, 5.41) is 11.3. The molecule has 0 saturated carbocycles. The van der Waals surface area contributed by atoms with Gasteiger partial charge >= 0.3 is 0 Å². The molecule has 1 N–H and O–H groups in total. The van der Waals surface area contributed by atoms with Gasteiger partial charge in [-0.3, -0.25) is 4.79 Å². The molecule has 0 saturated heterocycles. The molecule has 1 amide bonds. The Kier molecular flexibility index (Phi) is 5.08. The lowest BCUT2D eigenvalue weighted by Gasteiger charge is -2.00. The Bertz CT molecular complexity index is 1040. The second kappa shape index (κ2) is 7.81. The maximum Gasteiger partial charge on any atom is 0.227 e. The number of benzene rings is 1. The van der Waals surface area contributed by atoms with Crippen LogP contribution in [0.1, 0.15) is 17.9 Å². The Labute approximate surface area is 163 Å². The standard InChI is InChI=1S/C19H16N4O2S2/c1-12-4-6-13(7-5-12)14-11-27-19(20-14)21-16(24)8-9-17-22-18(23-25-17)15-3-2-10-26-15/h2-7,10-11H,8-9H2,1H3,(H,20,21,24). The molecule has 0 spiro atoms. The van der Waals surface area contributed by atoms with Crippen LogP contribution in [0, 0.1) is 6.92 Å². The van der Waals surface area contributed by atoms with Crippen LogP contribution < -0.4 is 5.32 Å². The van der Waals surface area contributed by atoms with Gasteiger partial charge in [0.25, 0.3) is 0 Å². The molecule has 0 aliphatic heterocycles. The van der Waals surface area contributed by atoms with E-state index in [0.717, 1.165) is 16.1 Å². The highest BCUT2D eigenvalue weighted by Gasteiger charge is 2.13. The zero-order chi connectivity index (χ0) is 18.6. The number of aromatic nitrogens is 3. The number of thiazole rings is 1. The summed E-state index contributed by atoms with van der Waals surface area (Å²) >= 11 is 2.95. The fraction of sp³-hybridized carbons (Fsp3) is 0.158. The Morgan fingerprint density at radius 3 is 2.78 bits per heavy atom. The summed E-state index contributed by atoms with van der Waals surface area (Å²) in [4.78, 5) is 21.9. The van der Waals surface area contributed by atoms with Gasteiger partial charge in [-0.1, -0.05) is 41.1 Å². The first-order chi connectivity index (χ1) is 13.2. The van der Waals surface area contributed by atoms with Gasteiger partial charge in [-0.05, 0) is 18.4 Å². The fourth-order valence-corrected chi connectivity index (χ4v) is 3.84. The van der Waals surface area contributed by atoms with Gasteiger partial charge in [-0.2, -0.15) is 4.98 Å². The van der Waals surface area contributed by atoms with E-state index in [1.54, 1.807) is 11.3 Å². The second-order valence-electron chi connectivity index (χ2n) is 5.94. The van der Waals surface area contributed by atoms with E-state index in [1.807, 2.05) is 54.1 Å². The van der Waals surface area contributed by atoms with Crippen LogP contribution >= 0.6 is 22.7 Å². The summed E-state index contributed by atoms with van der Waals surface area (Å²) in [5.74, 6) is 0.881. The number of hydrogen-bond acceptors (Lipinski definition) is 7. The zero-order valence-corrected chi connectivity index (χ0v) is 16.1. The van der Waals surface area contributed by atoms with Crippen molar-refractivity contribution in [1.29, 1.82) is 0 Å². The Morgan fingerprint density at radius 1 is 1.15 bits per heavy atom. The monoisotopic (exact) mass is 396 g/mol. The van der Waals surface area contributed by atoms with Crippen LogP contribution in [0.25, 0.3) is 22.0 Å². The molecule has 0 atom stereocenters. The van der Waals surface area contributed by atoms with Crippen LogP contribution in [-0.4, -0.2) is 21.0 Å². The summed E-state index contributed by atoms with van der Waals surface area (Å²) in [7, 11) is 0. The maximum atomic E-state index is 12.2. The van der Waals surface area contributed by atoms with Crippen molar-refractivity contribution < 1.29 is 9.32 Å². The van der Waals surface area contributed by atoms with Crippen LogP contribution in [0.15, 0.2) is 51.7 Å². The predicted molar refractivity (Wildman–Crippen MR) is 107 cm³/mol. The van der Waals surface area contributed by atoms with E-state index in [1.165, 1.54) is 16.9 Å². The minimum Gasteiger partial charge on any atom is -0.339 e. The highest BCUT2D eigenvalue weighted by atomic mass is 32.1. The number of thiophene rings is 1. The molecule has 4 aromatic rings. The number of hydrogen-bond donors (Lipinski definition) is 1. The van der Waals surface area contributed by atoms with Gasteiger partial charge in [0, 0.05) is 23.8 Å². The van der Waals surface area contributed by atoms with Crippen molar-refractivity contribution in [3.05, 3.63) is 58.6 Å². The maximum absolute atomic E-state index is 12.2. The fourth-order valence-electron chi connectivity index (χ4n) is 2.45. The number of anilines is 1. The van der Waals surface area contributed by atoms with Crippen LogP contribution in [0.5, 0.6) is 0 Å². The van der Waals surface area contributed by atoms with Gasteiger partial charge in [0.2, 0.25) is 17.6 Å². The summed E-state index contributed by atoms with van der Waals surface area (Å²) in [5.41, 5.74) is 3.09. The van der Waals surface area contributed by atoms with E-state index in [4.69, 9.17) is 4.52 Å². The Hall–Kier alpha value is -2.84. The van der Waals surface area contributed by atoms with E-state index < -0.39 is 0 Å². The van der Waals surface area contributed by atoms with E-state index in [-0.39, 0.29) is 12.3 Å². The molecule has 0 bridgehead atoms. The summed E-state index contributed by atoms with van der Waals surface area (Å²) in [6.07, 6.45) is 0.645. The zero-order valence-electron chi connectivity index (χ0n) is 14.5. The quantitative estimate of drug-likeness (QED) is 0.506. The number of aryl methyl sites for hydroxylation is 2. The number of rotatable bonds is 6. The molecule has 4 rings (SSSR count). The first-order valence-corrected chi connectivity index (χ1v) is 10.1. The molecule has 0 aliphatic carbocycles. The number of nitrogens with zero attached hydrogens (tertiary/aromatic N) is 3. The molecule has 1 aromatic carbocycles. The molecule has 0 unspecified atom stereocenters. The molecule has 0 radical (unpaired) electrons. The van der Waals surface area contributed by atoms with E-state index >= 15 is 0 Å². The third-order valence-electron chi connectivity index (χ3n) is 3.87. The van der Waals surface area contributed by atoms with Crippen molar-refractivity contribution in [2.75, 3.05) is 5.32 Å². The average molecular weight is 396 g/mol. The molecular weight excluding hydrogens is 380 g/mol. The van der Waals surface area contributed by atoms with Gasteiger partial charge in [0.1, 0.15) is 0 Å². The number of carbonyl (C=O) groups is 1. The van der Waals surface area contributed by atoms with E-state index in [9.17, 15) is 4.79 Å². The third kappa shape index (κ3) is 4.29. The van der Waals surface area contributed by atoms with Gasteiger partial charge in [-0.25, -0.2) is 4.98 Å². The molecular formula is C19H16N4O2S2. The van der Waals surface area contributed by atoms with E-state index in [0.29, 0.717) is 23.3 Å². The molecule has 6 nitrogen and oxygen atoms in total. The van der Waals surface area contributed by atoms with Crippen LogP contribution in [0.4, 0.5) is 5.13 Å². The smallest absolute Gasteiger partial charge is 0.227 e. The molecule has 8 heteroatoms. The van der Waals surface area contributed by atoms with Gasteiger partial charge in [0.05, 0.1) is 10.6 Å². The van der Waals surface area contributed by atoms with Gasteiger partial charge in [0.15, 0.2) is 5.13 Å². The molecule has 0 aliphatic rings. The average Bonchev–Trinajstić information content (AvgIpc) is 3.42. The SMILES string of the molecule is Cc1ccc(-c2csc(NC(=O)CCc3nc(-c4cccs4)no3)n2)cc1. The van der Waals surface area contributed by atoms with Gasteiger partial charge in [-0.15, -0.1) is 22.7 Å². The number of amides is 1. The largest absolute Gasteiger partial charge is 0.339 e. The highest BCUT2D eigenvalue weighted by molar-refractivity contribution is 7.14. The van der Waals surface area contributed by atoms with Crippen LogP contribution in [0.3, 0.4) is 0 Å². The molecule has 3 aromatic heterocycles. The van der Waals surface area contributed by atoms with Crippen molar-refractivity contribution in [2.45, 2.75) is 19.8 Å². The lowest BCUT2D eigenvalue weighted by Crippen LogP contribution is -2.12. The van der Waals surface area contributed by atoms with Crippen molar-refractivity contribution >= 4 is 33.7 Å². The minimum absolute atomic E-state index is 0.129. The topological polar surface area (TPSA) is 80.9 Å². The predicted octanol–water partition coefficient (Wildman–Crippen LogP) is 4.80. The lowest BCUT2D eigenvalue weighted by atomic mass is 10.1. The summed E-state index contributed by atoms with van der Waals surface area (Å²) in [6, 6.07) is 12.0. The minimum atomic E-state index is -0.129. The lowest BCUT2D eigenvalue weighted by molar-refractivity contribution is -0.116. The second-order valence-corrected chi connectivity index (χ2v) is 7.75. The van der Waals surface area contributed by atoms with Crippen molar-refractivity contribution in [1.82, 2.24) is 15.1 Å². The molecule has 27 heavy (non-hydrogen) atoms. The van der Waals surface area contributed by atoms with Crippen LogP contribution in [-0.2, 0) is 11.2 Å². The normalized spacial score (nSPS) is 10.9. The Morgan fingerprint density at radius 2 is 2.00 bits per heavy atom. The first kappa shape index (κ1) is 17.6. The van der Waals surface area contributed by atoms with E-state index in [2.05, 4.69) is 20.4 Å². The van der Waals surface area contributed by atoms with Crippen molar-refractivity contribution in [3.8, 4) is 22.0 Å².